The summed E-state index contributed by atoms with van der Waals surface area (Å²) in [5, 5.41) is 0. The monoisotopic (exact) mass is 272 g/mol. The van der Waals surface area contributed by atoms with Gasteiger partial charge in [-0.2, -0.15) is 4.31 Å². The lowest BCUT2D eigenvalue weighted by Gasteiger charge is -2.30. The van der Waals surface area contributed by atoms with Crippen LogP contribution < -0.4 is 5.73 Å². The molecule has 1 heterocycles. The molecule has 0 radical (unpaired) electrons. The third-order valence-electron chi connectivity index (χ3n) is 3.21. The summed E-state index contributed by atoms with van der Waals surface area (Å²) in [6, 6.07) is 3.44. The molecule has 1 fully saturated rings. The second kappa shape index (κ2) is 4.85. The highest BCUT2D eigenvalue weighted by Gasteiger charge is 2.30. The van der Waals surface area contributed by atoms with Crippen LogP contribution in [0.5, 0.6) is 0 Å². The second-order valence-corrected chi connectivity index (χ2v) is 6.70. The summed E-state index contributed by atoms with van der Waals surface area (Å²) in [6.07, 6.45) is 1.85. The van der Waals surface area contributed by atoms with Gasteiger partial charge in [-0.3, -0.25) is 0 Å². The number of halogens is 1. The molecule has 0 amide bonds. The maximum atomic E-state index is 13.2. The fourth-order valence-electron chi connectivity index (χ4n) is 2.24. The van der Waals surface area contributed by atoms with Gasteiger partial charge in [-0.05, 0) is 37.0 Å². The Morgan fingerprint density at radius 1 is 1.44 bits per heavy atom. The van der Waals surface area contributed by atoms with E-state index in [2.05, 4.69) is 0 Å². The summed E-state index contributed by atoms with van der Waals surface area (Å²) in [6.45, 7) is 2.96. The van der Waals surface area contributed by atoms with Gasteiger partial charge in [-0.1, -0.05) is 6.92 Å². The van der Waals surface area contributed by atoms with Crippen LogP contribution in [0.2, 0.25) is 0 Å². The van der Waals surface area contributed by atoms with Crippen molar-refractivity contribution in [1.82, 2.24) is 4.31 Å². The van der Waals surface area contributed by atoms with Gasteiger partial charge in [0.05, 0.1) is 5.69 Å². The van der Waals surface area contributed by atoms with Gasteiger partial charge in [0.2, 0.25) is 10.0 Å². The molecule has 0 saturated carbocycles. The molecule has 0 aromatic heterocycles. The summed E-state index contributed by atoms with van der Waals surface area (Å²) in [5.41, 5.74) is 5.74. The average Bonchev–Trinajstić information content (AvgIpc) is 2.32. The van der Waals surface area contributed by atoms with E-state index in [-0.39, 0.29) is 10.6 Å². The Kier molecular flexibility index (Phi) is 3.59. The average molecular weight is 272 g/mol. The van der Waals surface area contributed by atoms with E-state index >= 15 is 0 Å². The topological polar surface area (TPSA) is 63.4 Å². The Morgan fingerprint density at radius 3 is 2.83 bits per heavy atom. The van der Waals surface area contributed by atoms with Gasteiger partial charge in [0.15, 0.2) is 0 Å². The molecule has 1 unspecified atom stereocenters. The maximum Gasteiger partial charge on any atom is 0.245 e. The van der Waals surface area contributed by atoms with E-state index in [1.165, 1.54) is 10.4 Å². The molecule has 100 valence electrons. The number of anilines is 1. The van der Waals surface area contributed by atoms with Gasteiger partial charge < -0.3 is 5.73 Å². The highest BCUT2D eigenvalue weighted by atomic mass is 32.2. The first-order valence-corrected chi connectivity index (χ1v) is 7.40. The molecule has 1 aromatic rings. The van der Waals surface area contributed by atoms with Crippen LogP contribution in [0.4, 0.5) is 10.1 Å². The molecule has 2 N–H and O–H groups in total. The maximum absolute atomic E-state index is 13.2. The van der Waals surface area contributed by atoms with Crippen LogP contribution in [0.15, 0.2) is 23.1 Å². The van der Waals surface area contributed by atoms with Crippen LogP contribution in [-0.2, 0) is 10.0 Å². The molecule has 4 nitrogen and oxygen atoms in total. The molecule has 1 aliphatic heterocycles. The fraction of sp³-hybridized carbons (Fsp3) is 0.500. The molecule has 1 atom stereocenters. The molecule has 0 bridgehead atoms. The Bertz CT molecular complexity index is 545. The number of sulfonamides is 1. The number of benzene rings is 1. The van der Waals surface area contributed by atoms with Crippen LogP contribution in [0, 0.1) is 11.7 Å². The molecule has 0 spiro atoms. The third kappa shape index (κ3) is 2.49. The van der Waals surface area contributed by atoms with Crippen molar-refractivity contribution in [2.75, 3.05) is 18.8 Å². The summed E-state index contributed by atoms with van der Waals surface area (Å²) in [5.74, 6) is -0.267. The number of hydrogen-bond acceptors (Lipinski definition) is 3. The first kappa shape index (κ1) is 13.3. The lowest BCUT2D eigenvalue weighted by Crippen LogP contribution is -2.39. The summed E-state index contributed by atoms with van der Waals surface area (Å²) >= 11 is 0. The van der Waals surface area contributed by atoms with Crippen LogP contribution >= 0.6 is 0 Å². The lowest BCUT2D eigenvalue weighted by molar-refractivity contribution is 0.281. The van der Waals surface area contributed by atoms with Crippen molar-refractivity contribution in [3.05, 3.63) is 24.0 Å². The molecule has 1 aromatic carbocycles. The van der Waals surface area contributed by atoms with Crippen molar-refractivity contribution >= 4 is 15.7 Å². The Balaban J connectivity index is 2.38. The van der Waals surface area contributed by atoms with Crippen molar-refractivity contribution in [3.8, 4) is 0 Å². The second-order valence-electron chi connectivity index (χ2n) is 4.79. The van der Waals surface area contributed by atoms with Crippen molar-refractivity contribution in [2.45, 2.75) is 24.7 Å². The third-order valence-corrected chi connectivity index (χ3v) is 5.13. The Morgan fingerprint density at radius 2 is 2.17 bits per heavy atom. The summed E-state index contributed by atoms with van der Waals surface area (Å²) in [4.78, 5) is -0.128. The molecule has 1 saturated heterocycles. The quantitative estimate of drug-likeness (QED) is 0.835. The van der Waals surface area contributed by atoms with Gasteiger partial charge in [-0.15, -0.1) is 0 Å². The van der Waals surface area contributed by atoms with E-state index in [1.54, 1.807) is 0 Å². The minimum absolute atomic E-state index is 0.0922. The van der Waals surface area contributed by atoms with Crippen molar-refractivity contribution in [3.63, 3.8) is 0 Å². The molecule has 6 heteroatoms. The van der Waals surface area contributed by atoms with E-state index in [1.807, 2.05) is 6.92 Å². The number of hydrogen-bond donors (Lipinski definition) is 1. The number of rotatable bonds is 2. The minimum atomic E-state index is -3.68. The largest absolute Gasteiger partial charge is 0.398 e. The van der Waals surface area contributed by atoms with Gasteiger partial charge in [0, 0.05) is 13.1 Å². The van der Waals surface area contributed by atoms with E-state index in [9.17, 15) is 12.8 Å². The van der Waals surface area contributed by atoms with Crippen LogP contribution in [0.25, 0.3) is 0 Å². The predicted octanol–water partition coefficient (Wildman–Crippen LogP) is 1.83. The number of nitrogens with zero attached hydrogens (tertiary/aromatic N) is 1. The van der Waals surface area contributed by atoms with E-state index in [0.29, 0.717) is 19.0 Å². The smallest absolute Gasteiger partial charge is 0.245 e. The van der Waals surface area contributed by atoms with Crippen LogP contribution in [0.1, 0.15) is 19.8 Å². The first-order valence-electron chi connectivity index (χ1n) is 5.96. The zero-order valence-corrected chi connectivity index (χ0v) is 11.1. The predicted molar refractivity (Wildman–Crippen MR) is 68.0 cm³/mol. The molecular weight excluding hydrogens is 255 g/mol. The standard InChI is InChI=1S/C12H17FN2O2S/c1-9-3-2-6-15(8-9)18(16,17)12-7-10(13)4-5-11(12)14/h4-5,7,9H,2-3,6,8,14H2,1H3. The summed E-state index contributed by atoms with van der Waals surface area (Å²) in [7, 11) is -3.68. The lowest BCUT2D eigenvalue weighted by atomic mass is 10.0. The Hall–Kier alpha value is -1.14. The molecule has 1 aliphatic rings. The van der Waals surface area contributed by atoms with Crippen molar-refractivity contribution in [1.29, 1.82) is 0 Å². The SMILES string of the molecule is CC1CCCN(S(=O)(=O)c2cc(F)ccc2N)C1. The normalized spacial score (nSPS) is 22.0. The summed E-state index contributed by atoms with van der Waals surface area (Å²) < 4.78 is 39.3. The van der Waals surface area contributed by atoms with Crippen molar-refractivity contribution in [2.24, 2.45) is 5.92 Å². The molecule has 18 heavy (non-hydrogen) atoms. The van der Waals surface area contributed by atoms with E-state index in [4.69, 9.17) is 5.73 Å². The zero-order chi connectivity index (χ0) is 13.3. The number of nitrogens with two attached hydrogens (primary N) is 1. The highest BCUT2D eigenvalue weighted by Crippen LogP contribution is 2.27. The van der Waals surface area contributed by atoms with E-state index < -0.39 is 15.8 Å². The molecule has 2 rings (SSSR count). The van der Waals surface area contributed by atoms with Gasteiger partial charge in [0.1, 0.15) is 10.7 Å². The number of nitrogen functional groups attached to an aromatic ring is 1. The number of piperidine rings is 1. The van der Waals surface area contributed by atoms with Crippen molar-refractivity contribution < 1.29 is 12.8 Å². The first-order chi connectivity index (χ1) is 8.41. The molecular formula is C12H17FN2O2S. The van der Waals surface area contributed by atoms with Gasteiger partial charge in [-0.25, -0.2) is 12.8 Å². The van der Waals surface area contributed by atoms with Gasteiger partial charge in [0.25, 0.3) is 0 Å². The fourth-order valence-corrected chi connectivity index (χ4v) is 3.96. The Labute approximate surface area is 107 Å². The zero-order valence-electron chi connectivity index (χ0n) is 10.3. The van der Waals surface area contributed by atoms with Crippen LogP contribution in [-0.4, -0.2) is 25.8 Å². The molecule has 0 aliphatic carbocycles. The highest BCUT2D eigenvalue weighted by molar-refractivity contribution is 7.89. The van der Waals surface area contributed by atoms with Crippen LogP contribution in [0.3, 0.4) is 0 Å². The van der Waals surface area contributed by atoms with Gasteiger partial charge >= 0.3 is 0 Å². The minimum Gasteiger partial charge on any atom is -0.398 e. The van der Waals surface area contributed by atoms with E-state index in [0.717, 1.165) is 25.0 Å².